The summed E-state index contributed by atoms with van der Waals surface area (Å²) in [6.07, 6.45) is -0.411. The Kier molecular flexibility index (Phi) is 5.18. The lowest BCUT2D eigenvalue weighted by molar-refractivity contribution is 0.198. The highest BCUT2D eigenvalue weighted by molar-refractivity contribution is 7.80. The maximum atomic E-state index is 9.11. The standard InChI is InChI=1S/C12H19N3OS/c1-9(16)8-13-12(17)14-10-4-6-11(7-5-10)15(2)3/h4-7,9,16H,8H2,1-3H3,(H2,13,14,17). The quantitative estimate of drug-likeness (QED) is 0.709. The SMILES string of the molecule is CC(O)CNC(=S)Nc1ccc(N(C)C)cc1. The first kappa shape index (κ1) is 13.7. The fourth-order valence-electron chi connectivity index (χ4n) is 1.26. The number of hydrogen-bond donors (Lipinski definition) is 3. The van der Waals surface area contributed by atoms with Gasteiger partial charge in [-0.3, -0.25) is 0 Å². The van der Waals surface area contributed by atoms with Crippen molar-refractivity contribution in [3.63, 3.8) is 0 Å². The highest BCUT2D eigenvalue weighted by Gasteiger charge is 2.00. The molecule has 1 rings (SSSR count). The molecule has 0 fully saturated rings. The third-order valence-electron chi connectivity index (χ3n) is 2.20. The Morgan fingerprint density at radius 2 is 1.94 bits per heavy atom. The molecular formula is C12H19N3OS. The Morgan fingerprint density at radius 1 is 1.35 bits per heavy atom. The monoisotopic (exact) mass is 253 g/mol. The van der Waals surface area contributed by atoms with Gasteiger partial charge in [0.15, 0.2) is 5.11 Å². The van der Waals surface area contributed by atoms with E-state index in [0.29, 0.717) is 11.7 Å². The van der Waals surface area contributed by atoms with E-state index in [0.717, 1.165) is 11.4 Å². The van der Waals surface area contributed by atoms with E-state index in [1.54, 1.807) is 6.92 Å². The number of thiocarbonyl (C=S) groups is 1. The highest BCUT2D eigenvalue weighted by atomic mass is 32.1. The van der Waals surface area contributed by atoms with Crippen molar-refractivity contribution >= 4 is 28.7 Å². The van der Waals surface area contributed by atoms with Gasteiger partial charge in [-0.1, -0.05) is 0 Å². The van der Waals surface area contributed by atoms with Crippen molar-refractivity contribution in [2.45, 2.75) is 13.0 Å². The van der Waals surface area contributed by atoms with Gasteiger partial charge in [0.25, 0.3) is 0 Å². The summed E-state index contributed by atoms with van der Waals surface area (Å²) >= 11 is 5.10. The molecule has 4 nitrogen and oxygen atoms in total. The van der Waals surface area contributed by atoms with Gasteiger partial charge in [0.2, 0.25) is 0 Å². The summed E-state index contributed by atoms with van der Waals surface area (Å²) < 4.78 is 0. The minimum atomic E-state index is -0.411. The van der Waals surface area contributed by atoms with Crippen LogP contribution in [-0.4, -0.2) is 37.0 Å². The van der Waals surface area contributed by atoms with E-state index < -0.39 is 6.10 Å². The zero-order valence-electron chi connectivity index (χ0n) is 10.4. The minimum absolute atomic E-state index is 0.411. The van der Waals surface area contributed by atoms with E-state index in [-0.39, 0.29) is 0 Å². The molecule has 1 atom stereocenters. The van der Waals surface area contributed by atoms with Crippen LogP contribution >= 0.6 is 12.2 Å². The maximum absolute atomic E-state index is 9.11. The molecule has 0 aliphatic rings. The summed E-state index contributed by atoms with van der Waals surface area (Å²) in [5.41, 5.74) is 2.07. The second-order valence-corrected chi connectivity index (χ2v) is 4.53. The molecule has 0 aromatic heterocycles. The van der Waals surface area contributed by atoms with Gasteiger partial charge in [-0.15, -0.1) is 0 Å². The molecule has 17 heavy (non-hydrogen) atoms. The fraction of sp³-hybridized carbons (Fsp3) is 0.417. The number of hydrogen-bond acceptors (Lipinski definition) is 3. The van der Waals surface area contributed by atoms with Crippen molar-refractivity contribution in [1.82, 2.24) is 5.32 Å². The molecule has 0 spiro atoms. The number of anilines is 2. The van der Waals surface area contributed by atoms with Gasteiger partial charge in [-0.25, -0.2) is 0 Å². The molecule has 0 saturated heterocycles. The second kappa shape index (κ2) is 6.42. The molecule has 94 valence electrons. The molecule has 0 heterocycles. The molecule has 1 aromatic carbocycles. The zero-order valence-corrected chi connectivity index (χ0v) is 11.2. The van der Waals surface area contributed by atoms with Gasteiger partial charge in [0, 0.05) is 32.0 Å². The van der Waals surface area contributed by atoms with E-state index in [9.17, 15) is 0 Å². The highest BCUT2D eigenvalue weighted by Crippen LogP contribution is 2.15. The Labute approximate surface area is 108 Å². The van der Waals surface area contributed by atoms with Crippen LogP contribution in [0.4, 0.5) is 11.4 Å². The molecule has 0 saturated carbocycles. The summed E-state index contributed by atoms with van der Waals surface area (Å²) in [7, 11) is 3.99. The maximum Gasteiger partial charge on any atom is 0.170 e. The van der Waals surface area contributed by atoms with E-state index in [2.05, 4.69) is 10.6 Å². The third kappa shape index (κ3) is 5.01. The average molecular weight is 253 g/mol. The van der Waals surface area contributed by atoms with Crippen LogP contribution in [0.15, 0.2) is 24.3 Å². The summed E-state index contributed by atoms with van der Waals surface area (Å²) in [4.78, 5) is 2.04. The molecule has 0 radical (unpaired) electrons. The Morgan fingerprint density at radius 3 is 2.41 bits per heavy atom. The van der Waals surface area contributed by atoms with Gasteiger partial charge in [0.1, 0.15) is 0 Å². The van der Waals surface area contributed by atoms with Crippen molar-refractivity contribution in [1.29, 1.82) is 0 Å². The summed E-state index contributed by atoms with van der Waals surface area (Å²) in [6.45, 7) is 2.16. The number of rotatable bonds is 4. The Balaban J connectivity index is 2.48. The molecule has 1 unspecified atom stereocenters. The van der Waals surface area contributed by atoms with Crippen LogP contribution in [0, 0.1) is 0 Å². The second-order valence-electron chi connectivity index (χ2n) is 4.13. The number of aliphatic hydroxyl groups excluding tert-OH is 1. The Hall–Kier alpha value is -1.33. The van der Waals surface area contributed by atoms with Gasteiger partial charge < -0.3 is 20.6 Å². The molecule has 0 amide bonds. The van der Waals surface area contributed by atoms with E-state index in [4.69, 9.17) is 17.3 Å². The van der Waals surface area contributed by atoms with Crippen LogP contribution in [-0.2, 0) is 0 Å². The van der Waals surface area contributed by atoms with Crippen LogP contribution in [0.1, 0.15) is 6.92 Å². The van der Waals surface area contributed by atoms with E-state index in [1.807, 2.05) is 43.3 Å². The van der Waals surface area contributed by atoms with Crippen LogP contribution in [0.5, 0.6) is 0 Å². The lowest BCUT2D eigenvalue weighted by atomic mass is 10.2. The van der Waals surface area contributed by atoms with Crippen LogP contribution < -0.4 is 15.5 Å². The van der Waals surface area contributed by atoms with Gasteiger partial charge >= 0.3 is 0 Å². The van der Waals surface area contributed by atoms with Gasteiger partial charge in [0.05, 0.1) is 6.10 Å². The predicted octanol–water partition coefficient (Wildman–Crippen LogP) is 1.42. The molecule has 0 aliphatic carbocycles. The number of nitrogens with zero attached hydrogens (tertiary/aromatic N) is 1. The fourth-order valence-corrected chi connectivity index (χ4v) is 1.46. The molecule has 0 bridgehead atoms. The summed E-state index contributed by atoms with van der Waals surface area (Å²) in [5.74, 6) is 0. The van der Waals surface area contributed by atoms with Gasteiger partial charge in [-0.2, -0.15) is 0 Å². The normalized spacial score (nSPS) is 11.8. The first-order valence-electron chi connectivity index (χ1n) is 5.49. The summed E-state index contributed by atoms with van der Waals surface area (Å²) in [6, 6.07) is 7.95. The zero-order chi connectivity index (χ0) is 12.8. The number of aliphatic hydroxyl groups is 1. The molecule has 5 heteroatoms. The lowest BCUT2D eigenvalue weighted by Crippen LogP contribution is -2.33. The van der Waals surface area contributed by atoms with Crippen molar-refractivity contribution in [2.75, 3.05) is 30.9 Å². The molecule has 1 aromatic rings. The largest absolute Gasteiger partial charge is 0.392 e. The predicted molar refractivity (Wildman–Crippen MR) is 76.7 cm³/mol. The molecule has 3 N–H and O–H groups in total. The van der Waals surface area contributed by atoms with Gasteiger partial charge in [-0.05, 0) is 43.4 Å². The lowest BCUT2D eigenvalue weighted by Gasteiger charge is -2.14. The molecule has 0 aliphatic heterocycles. The number of nitrogens with one attached hydrogen (secondary N) is 2. The Bertz CT molecular complexity index is 363. The smallest absolute Gasteiger partial charge is 0.170 e. The first-order chi connectivity index (χ1) is 7.99. The van der Waals surface area contributed by atoms with E-state index in [1.165, 1.54) is 0 Å². The van der Waals surface area contributed by atoms with Crippen molar-refractivity contribution in [3.8, 4) is 0 Å². The molecular weight excluding hydrogens is 234 g/mol. The minimum Gasteiger partial charge on any atom is -0.392 e. The van der Waals surface area contributed by atoms with Crippen LogP contribution in [0.3, 0.4) is 0 Å². The van der Waals surface area contributed by atoms with Crippen molar-refractivity contribution < 1.29 is 5.11 Å². The van der Waals surface area contributed by atoms with Crippen molar-refractivity contribution in [2.24, 2.45) is 0 Å². The summed E-state index contributed by atoms with van der Waals surface area (Å²) in [5, 5.41) is 15.6. The van der Waals surface area contributed by atoms with Crippen LogP contribution in [0.2, 0.25) is 0 Å². The topological polar surface area (TPSA) is 47.5 Å². The third-order valence-corrected chi connectivity index (χ3v) is 2.45. The first-order valence-corrected chi connectivity index (χ1v) is 5.90. The van der Waals surface area contributed by atoms with E-state index >= 15 is 0 Å². The van der Waals surface area contributed by atoms with Crippen molar-refractivity contribution in [3.05, 3.63) is 24.3 Å². The number of benzene rings is 1. The van der Waals surface area contributed by atoms with Crippen LogP contribution in [0.25, 0.3) is 0 Å². The average Bonchev–Trinajstić information content (AvgIpc) is 2.27.